The number of ether oxygens (including phenoxy) is 6. The maximum absolute atomic E-state index is 13.2. The Labute approximate surface area is 409 Å². The van der Waals surface area contributed by atoms with E-state index in [4.69, 9.17) is 28.4 Å². The van der Waals surface area contributed by atoms with Crippen molar-refractivity contribution in [3.8, 4) is 0 Å². The molecular weight excluding hydrogens is 903 g/mol. The molecular formula is C50H91NO18. The van der Waals surface area contributed by atoms with Gasteiger partial charge in [-0.15, -0.1) is 0 Å². The lowest BCUT2D eigenvalue weighted by atomic mass is 9.96. The van der Waals surface area contributed by atoms with E-state index < -0.39 is 124 Å². The van der Waals surface area contributed by atoms with Crippen LogP contribution in [0.25, 0.3) is 0 Å². The molecule has 17 atom stereocenters. The van der Waals surface area contributed by atoms with Crippen molar-refractivity contribution in [2.45, 2.75) is 259 Å². The Morgan fingerprint density at radius 1 is 0.522 bits per heavy atom. The lowest BCUT2D eigenvalue weighted by Gasteiger charge is -2.48. The van der Waals surface area contributed by atoms with Crippen LogP contribution in [0.15, 0.2) is 24.3 Å². The molecule has 0 saturated carbocycles. The Morgan fingerprint density at radius 3 is 1.49 bits per heavy atom. The molecule has 0 aliphatic carbocycles. The van der Waals surface area contributed by atoms with Gasteiger partial charge in [-0.2, -0.15) is 0 Å². The average Bonchev–Trinajstić information content (AvgIpc) is 3.34. The largest absolute Gasteiger partial charge is 0.394 e. The molecule has 0 aromatic heterocycles. The highest BCUT2D eigenvalue weighted by Crippen LogP contribution is 2.33. The van der Waals surface area contributed by atoms with Gasteiger partial charge in [-0.05, 0) is 44.9 Å². The highest BCUT2D eigenvalue weighted by molar-refractivity contribution is 5.76. The highest BCUT2D eigenvalue weighted by Gasteiger charge is 2.53. The molecule has 0 aromatic carbocycles. The van der Waals surface area contributed by atoms with Crippen LogP contribution >= 0.6 is 0 Å². The zero-order chi connectivity index (χ0) is 50.6. The van der Waals surface area contributed by atoms with E-state index in [1.165, 1.54) is 44.9 Å². The first-order valence-corrected chi connectivity index (χ1v) is 26.1. The van der Waals surface area contributed by atoms with Gasteiger partial charge in [0.15, 0.2) is 18.9 Å². The summed E-state index contributed by atoms with van der Waals surface area (Å²) in [6, 6.07) is -0.889. The molecule has 0 aromatic rings. The van der Waals surface area contributed by atoms with Crippen LogP contribution in [-0.2, 0) is 33.2 Å². The van der Waals surface area contributed by atoms with Gasteiger partial charge in [0.1, 0.15) is 73.2 Å². The van der Waals surface area contributed by atoms with Gasteiger partial charge in [0.2, 0.25) is 5.91 Å². The van der Waals surface area contributed by atoms with Gasteiger partial charge in [-0.25, -0.2) is 0 Å². The first-order chi connectivity index (χ1) is 33.3. The summed E-state index contributed by atoms with van der Waals surface area (Å²) in [5.74, 6) is -0.262. The fourth-order valence-electron chi connectivity index (χ4n) is 8.87. The SMILES string of the molecule is CCCCCC/C=C\C/C=C\CCCCCCCC(=O)NC(COC1OC(CO)C(OC2OC(CO)C(OC3OC(CO)C(O)C(O)C3O)C(O)C2O)C(O)C1O)C(O)CCCCCCCCCC. The van der Waals surface area contributed by atoms with Crippen LogP contribution < -0.4 is 5.32 Å². The minimum absolute atomic E-state index is 0.250. The van der Waals surface area contributed by atoms with E-state index in [9.17, 15) is 61.0 Å². The molecule has 3 aliphatic rings. The van der Waals surface area contributed by atoms with E-state index in [2.05, 4.69) is 43.5 Å². The minimum atomic E-state index is -1.97. The van der Waals surface area contributed by atoms with E-state index in [1.807, 2.05) is 0 Å². The normalized spacial score (nSPS) is 33.0. The zero-order valence-corrected chi connectivity index (χ0v) is 41.3. The van der Waals surface area contributed by atoms with Crippen molar-refractivity contribution in [2.24, 2.45) is 0 Å². The summed E-state index contributed by atoms with van der Waals surface area (Å²) in [6.45, 7) is 1.68. The molecule has 17 unspecified atom stereocenters. The molecule has 0 radical (unpaired) electrons. The van der Waals surface area contributed by atoms with Crippen LogP contribution in [0.5, 0.6) is 0 Å². The highest BCUT2D eigenvalue weighted by atomic mass is 16.8. The topological polar surface area (TPSA) is 307 Å². The number of aliphatic hydroxyl groups excluding tert-OH is 11. The quantitative estimate of drug-likeness (QED) is 0.0316. The second-order valence-electron chi connectivity index (χ2n) is 19.0. The van der Waals surface area contributed by atoms with Crippen LogP contribution in [0.3, 0.4) is 0 Å². The predicted molar refractivity (Wildman–Crippen MR) is 254 cm³/mol. The maximum Gasteiger partial charge on any atom is 0.220 e. The molecule has 0 bridgehead atoms. The average molecular weight is 994 g/mol. The van der Waals surface area contributed by atoms with E-state index in [1.54, 1.807) is 0 Å². The van der Waals surface area contributed by atoms with E-state index >= 15 is 0 Å². The summed E-state index contributed by atoms with van der Waals surface area (Å²) in [5.41, 5.74) is 0. The van der Waals surface area contributed by atoms with Crippen LogP contribution in [-0.4, -0.2) is 193 Å². The molecule has 1 amide bonds. The van der Waals surface area contributed by atoms with Crippen LogP contribution in [0.1, 0.15) is 155 Å². The van der Waals surface area contributed by atoms with Crippen molar-refractivity contribution in [3.63, 3.8) is 0 Å². The predicted octanol–water partition coefficient (Wildman–Crippen LogP) is 2.03. The van der Waals surface area contributed by atoms with Crippen LogP contribution in [0.4, 0.5) is 0 Å². The summed E-state index contributed by atoms with van der Waals surface area (Å²) in [6.07, 6.45) is 4.48. The Bertz CT molecular complexity index is 1380. The molecule has 3 aliphatic heterocycles. The third-order valence-electron chi connectivity index (χ3n) is 13.3. The van der Waals surface area contributed by atoms with Gasteiger partial charge in [0, 0.05) is 6.42 Å². The summed E-state index contributed by atoms with van der Waals surface area (Å²) in [7, 11) is 0. The lowest BCUT2D eigenvalue weighted by molar-refractivity contribution is -0.379. The molecule has 3 saturated heterocycles. The number of carbonyl (C=O) groups is 1. The zero-order valence-electron chi connectivity index (χ0n) is 41.3. The second kappa shape index (κ2) is 35.4. The lowest BCUT2D eigenvalue weighted by Crippen LogP contribution is -2.66. The summed E-state index contributed by atoms with van der Waals surface area (Å²) < 4.78 is 34.1. The fourth-order valence-corrected chi connectivity index (χ4v) is 8.87. The summed E-state index contributed by atoms with van der Waals surface area (Å²) in [5, 5.41) is 120. The Kier molecular flexibility index (Phi) is 31.6. The van der Waals surface area contributed by atoms with Crippen molar-refractivity contribution in [3.05, 3.63) is 24.3 Å². The molecule has 3 rings (SSSR count). The van der Waals surface area contributed by atoms with Crippen LogP contribution in [0.2, 0.25) is 0 Å². The Hall–Kier alpha value is -1.73. The third kappa shape index (κ3) is 21.3. The van der Waals surface area contributed by atoms with E-state index in [-0.39, 0.29) is 18.9 Å². The van der Waals surface area contributed by atoms with Gasteiger partial charge in [-0.1, -0.05) is 128 Å². The van der Waals surface area contributed by atoms with Gasteiger partial charge in [0.25, 0.3) is 0 Å². The van der Waals surface area contributed by atoms with Gasteiger partial charge in [0.05, 0.1) is 38.6 Å². The fraction of sp³-hybridized carbons (Fsp3) is 0.900. The molecule has 404 valence electrons. The molecule has 19 nitrogen and oxygen atoms in total. The number of allylic oxidation sites excluding steroid dienone is 4. The number of hydrogen-bond donors (Lipinski definition) is 12. The standard InChI is InChI=1S/C50H91NO18/c1-3-5-7-9-11-13-14-15-16-17-18-19-20-22-24-26-28-38(56)51-33(34(55)27-25-23-21-12-10-8-6-4-2)32-64-48-44(62)41(59)46(36(30-53)66-48)69-50-45(63)42(60)47(37(31-54)67-50)68-49-43(61)40(58)39(57)35(29-52)65-49/h13-14,16-17,33-37,39-50,52-55,57-63H,3-12,15,18-32H2,1-2H3,(H,51,56)/b14-13-,17-16-. The van der Waals surface area contributed by atoms with Gasteiger partial charge < -0.3 is 89.9 Å². The monoisotopic (exact) mass is 994 g/mol. The maximum atomic E-state index is 13.2. The van der Waals surface area contributed by atoms with Crippen molar-refractivity contribution >= 4 is 5.91 Å². The van der Waals surface area contributed by atoms with Gasteiger partial charge in [-0.3, -0.25) is 4.79 Å². The van der Waals surface area contributed by atoms with Crippen LogP contribution in [0, 0.1) is 0 Å². The molecule has 12 N–H and O–H groups in total. The first kappa shape index (κ1) is 61.6. The molecule has 69 heavy (non-hydrogen) atoms. The third-order valence-corrected chi connectivity index (χ3v) is 13.3. The number of carbonyl (C=O) groups excluding carboxylic acids is 1. The number of aliphatic hydroxyl groups is 11. The second-order valence-corrected chi connectivity index (χ2v) is 19.0. The smallest absolute Gasteiger partial charge is 0.220 e. The number of unbranched alkanes of at least 4 members (excludes halogenated alkanes) is 16. The summed E-state index contributed by atoms with van der Waals surface area (Å²) >= 11 is 0. The minimum Gasteiger partial charge on any atom is -0.394 e. The first-order valence-electron chi connectivity index (χ1n) is 26.1. The molecule has 3 fully saturated rings. The number of rotatable bonds is 36. The molecule has 19 heteroatoms. The summed E-state index contributed by atoms with van der Waals surface area (Å²) in [4.78, 5) is 13.2. The van der Waals surface area contributed by atoms with Gasteiger partial charge >= 0.3 is 0 Å². The van der Waals surface area contributed by atoms with Crippen molar-refractivity contribution in [2.75, 3.05) is 26.4 Å². The molecule has 0 spiro atoms. The Balaban J connectivity index is 1.53. The Morgan fingerprint density at radius 2 is 0.957 bits per heavy atom. The van der Waals surface area contributed by atoms with Crippen molar-refractivity contribution in [1.29, 1.82) is 0 Å². The van der Waals surface area contributed by atoms with Crippen molar-refractivity contribution < 1.29 is 89.4 Å². The molecule has 3 heterocycles. The van der Waals surface area contributed by atoms with E-state index in [0.717, 1.165) is 77.0 Å². The van der Waals surface area contributed by atoms with Crippen molar-refractivity contribution in [1.82, 2.24) is 5.32 Å². The number of nitrogens with one attached hydrogen (secondary N) is 1. The number of hydrogen-bond acceptors (Lipinski definition) is 18. The van der Waals surface area contributed by atoms with E-state index in [0.29, 0.717) is 12.8 Å². The number of amides is 1.